The third-order valence-corrected chi connectivity index (χ3v) is 3.75. The average Bonchev–Trinajstić information content (AvgIpc) is 2.25. The van der Waals surface area contributed by atoms with Crippen LogP contribution in [-0.2, 0) is 25.0 Å². The minimum absolute atomic E-state index is 0.00320. The summed E-state index contributed by atoms with van der Waals surface area (Å²) in [5.41, 5.74) is 0. The fourth-order valence-corrected chi connectivity index (χ4v) is 2.26. The molecule has 0 aromatic heterocycles. The fourth-order valence-electron chi connectivity index (χ4n) is 1.27. The van der Waals surface area contributed by atoms with Gasteiger partial charge in [0.1, 0.15) is 0 Å². The number of aliphatic hydroxyl groups is 1. The molecule has 0 aromatic rings. The zero-order valence-electron chi connectivity index (χ0n) is 10.9. The van der Waals surface area contributed by atoms with Crippen molar-refractivity contribution >= 4 is 20.2 Å². The van der Waals surface area contributed by atoms with Crippen LogP contribution in [0.1, 0.15) is 12.8 Å². The Morgan fingerprint density at radius 1 is 1.00 bits per heavy atom. The molecule has 0 bridgehead atoms. The summed E-state index contributed by atoms with van der Waals surface area (Å²) in [4.78, 5) is 0. The molecular weight excluding hydrogens is 314 g/mol. The number of nitrogens with one attached hydrogen (secondary N) is 1. The fraction of sp³-hybridized carbons (Fsp3) is 1.00. The van der Waals surface area contributed by atoms with Crippen LogP contribution in [-0.4, -0.2) is 75.0 Å². The van der Waals surface area contributed by atoms with Crippen molar-refractivity contribution in [2.75, 3.05) is 37.8 Å². The Morgan fingerprint density at radius 3 is 2.10 bits per heavy atom. The van der Waals surface area contributed by atoms with E-state index in [1.807, 2.05) is 0 Å². The van der Waals surface area contributed by atoms with Crippen LogP contribution in [0, 0.1) is 0 Å². The minimum atomic E-state index is -3.98. The monoisotopic (exact) mass is 335 g/mol. The predicted octanol–water partition coefficient (Wildman–Crippen LogP) is -1.49. The standard InChI is InChI=1S/C9H21NO8S2/c11-9(7-10-3-1-5-19(12,13)14)8-18-4-2-6-20(15,16)17/h9-11H,1-8H2,(H,12,13,14)(H,15,16,17). The van der Waals surface area contributed by atoms with Gasteiger partial charge in [-0.2, -0.15) is 16.8 Å². The highest BCUT2D eigenvalue weighted by Crippen LogP contribution is 1.92. The van der Waals surface area contributed by atoms with Crippen LogP contribution in [0.25, 0.3) is 0 Å². The molecule has 0 aliphatic rings. The summed E-state index contributed by atoms with van der Waals surface area (Å²) in [5, 5.41) is 12.2. The molecule has 0 amide bonds. The van der Waals surface area contributed by atoms with E-state index in [0.717, 1.165) is 0 Å². The molecule has 0 radical (unpaired) electrons. The van der Waals surface area contributed by atoms with Crippen molar-refractivity contribution in [2.24, 2.45) is 0 Å². The van der Waals surface area contributed by atoms with Gasteiger partial charge in [-0.05, 0) is 19.4 Å². The lowest BCUT2D eigenvalue weighted by Gasteiger charge is -2.12. The molecule has 0 aromatic carbocycles. The number of aliphatic hydroxyl groups excluding tert-OH is 1. The van der Waals surface area contributed by atoms with Crippen LogP contribution >= 0.6 is 0 Å². The van der Waals surface area contributed by atoms with Gasteiger partial charge in [0.05, 0.1) is 24.2 Å². The molecule has 11 heteroatoms. The van der Waals surface area contributed by atoms with Crippen molar-refractivity contribution in [3.05, 3.63) is 0 Å². The van der Waals surface area contributed by atoms with E-state index in [1.54, 1.807) is 0 Å². The molecule has 4 N–H and O–H groups in total. The second-order valence-corrected chi connectivity index (χ2v) is 7.36. The van der Waals surface area contributed by atoms with Crippen molar-refractivity contribution in [3.8, 4) is 0 Å². The van der Waals surface area contributed by atoms with E-state index < -0.39 is 32.1 Å². The zero-order valence-corrected chi connectivity index (χ0v) is 12.6. The lowest BCUT2D eigenvalue weighted by Crippen LogP contribution is -2.31. The number of hydrogen-bond donors (Lipinski definition) is 4. The van der Waals surface area contributed by atoms with E-state index in [1.165, 1.54) is 0 Å². The second kappa shape index (κ2) is 9.60. The van der Waals surface area contributed by atoms with Gasteiger partial charge in [-0.1, -0.05) is 0 Å². The van der Waals surface area contributed by atoms with E-state index >= 15 is 0 Å². The van der Waals surface area contributed by atoms with E-state index in [4.69, 9.17) is 13.8 Å². The van der Waals surface area contributed by atoms with Gasteiger partial charge in [-0.3, -0.25) is 9.11 Å². The van der Waals surface area contributed by atoms with Crippen LogP contribution in [0.5, 0.6) is 0 Å². The minimum Gasteiger partial charge on any atom is -0.389 e. The highest BCUT2D eigenvalue weighted by molar-refractivity contribution is 7.86. The van der Waals surface area contributed by atoms with E-state index in [0.29, 0.717) is 6.54 Å². The Labute approximate surface area is 118 Å². The molecule has 0 rings (SSSR count). The average molecular weight is 335 g/mol. The zero-order chi connectivity index (χ0) is 15.6. The van der Waals surface area contributed by atoms with E-state index in [-0.39, 0.29) is 38.4 Å². The normalized spacial score (nSPS) is 14.3. The molecule has 0 spiro atoms. The Bertz CT molecular complexity index is 405. The lowest BCUT2D eigenvalue weighted by molar-refractivity contribution is 0.0376. The lowest BCUT2D eigenvalue weighted by atomic mass is 10.3. The maximum absolute atomic E-state index is 10.4. The number of rotatable bonds is 12. The van der Waals surface area contributed by atoms with Crippen LogP contribution in [0.15, 0.2) is 0 Å². The smallest absolute Gasteiger partial charge is 0.264 e. The van der Waals surface area contributed by atoms with E-state index in [9.17, 15) is 21.9 Å². The van der Waals surface area contributed by atoms with Crippen molar-refractivity contribution in [1.29, 1.82) is 0 Å². The van der Waals surface area contributed by atoms with Gasteiger partial charge in [-0.25, -0.2) is 0 Å². The third-order valence-electron chi connectivity index (χ3n) is 2.14. The van der Waals surface area contributed by atoms with Crippen molar-refractivity contribution in [3.63, 3.8) is 0 Å². The van der Waals surface area contributed by atoms with Crippen LogP contribution in [0.4, 0.5) is 0 Å². The molecule has 0 saturated heterocycles. The molecule has 122 valence electrons. The first-order valence-electron chi connectivity index (χ1n) is 5.97. The van der Waals surface area contributed by atoms with Crippen LogP contribution in [0.3, 0.4) is 0 Å². The molecular formula is C9H21NO8S2. The van der Waals surface area contributed by atoms with Gasteiger partial charge in [0, 0.05) is 13.2 Å². The molecule has 0 heterocycles. The predicted molar refractivity (Wildman–Crippen MR) is 71.8 cm³/mol. The van der Waals surface area contributed by atoms with Crippen molar-refractivity contribution < 1.29 is 35.8 Å². The van der Waals surface area contributed by atoms with Crippen LogP contribution < -0.4 is 5.32 Å². The van der Waals surface area contributed by atoms with Gasteiger partial charge >= 0.3 is 0 Å². The third kappa shape index (κ3) is 15.8. The van der Waals surface area contributed by atoms with Gasteiger partial charge in [0.25, 0.3) is 20.2 Å². The Morgan fingerprint density at radius 2 is 1.55 bits per heavy atom. The molecule has 1 atom stereocenters. The van der Waals surface area contributed by atoms with Crippen LogP contribution in [0.2, 0.25) is 0 Å². The summed E-state index contributed by atoms with van der Waals surface area (Å²) < 4.78 is 63.5. The first kappa shape index (κ1) is 19.7. The highest BCUT2D eigenvalue weighted by Gasteiger charge is 2.07. The highest BCUT2D eigenvalue weighted by atomic mass is 32.2. The van der Waals surface area contributed by atoms with Gasteiger partial charge < -0.3 is 15.2 Å². The molecule has 0 fully saturated rings. The summed E-state index contributed by atoms with van der Waals surface area (Å²) in [7, 11) is -7.94. The van der Waals surface area contributed by atoms with Gasteiger partial charge in [0.15, 0.2) is 0 Å². The summed E-state index contributed by atoms with van der Waals surface area (Å²) in [6.45, 7) is 0.597. The molecule has 1 unspecified atom stereocenters. The Kier molecular flexibility index (Phi) is 9.46. The first-order valence-corrected chi connectivity index (χ1v) is 9.19. The maximum atomic E-state index is 10.4. The largest absolute Gasteiger partial charge is 0.389 e. The second-order valence-electron chi connectivity index (χ2n) is 4.21. The van der Waals surface area contributed by atoms with Gasteiger partial charge in [0.2, 0.25) is 0 Å². The molecule has 0 aliphatic carbocycles. The number of hydrogen-bond acceptors (Lipinski definition) is 7. The van der Waals surface area contributed by atoms with Gasteiger partial charge in [-0.15, -0.1) is 0 Å². The molecule has 20 heavy (non-hydrogen) atoms. The molecule has 9 nitrogen and oxygen atoms in total. The van der Waals surface area contributed by atoms with E-state index in [2.05, 4.69) is 5.32 Å². The summed E-state index contributed by atoms with van der Waals surface area (Å²) in [6.07, 6.45) is -0.458. The summed E-state index contributed by atoms with van der Waals surface area (Å²) in [5.74, 6) is -0.737. The quantitative estimate of drug-likeness (QED) is 0.247. The SMILES string of the molecule is O=S(=O)(O)CCCNCC(O)COCCCS(=O)(=O)O. The summed E-state index contributed by atoms with van der Waals surface area (Å²) >= 11 is 0. The first-order chi connectivity index (χ1) is 9.10. The molecule has 0 aliphatic heterocycles. The van der Waals surface area contributed by atoms with Crippen molar-refractivity contribution in [2.45, 2.75) is 18.9 Å². The Balaban J connectivity index is 3.44. The number of ether oxygens (including phenoxy) is 1. The maximum Gasteiger partial charge on any atom is 0.264 e. The Hall–Kier alpha value is -0.300. The summed E-state index contributed by atoms with van der Waals surface area (Å²) in [6, 6.07) is 0. The van der Waals surface area contributed by atoms with Crippen molar-refractivity contribution in [1.82, 2.24) is 5.32 Å². The molecule has 0 saturated carbocycles. The topological polar surface area (TPSA) is 150 Å².